The maximum atomic E-state index is 2.53. The quantitative estimate of drug-likeness (QED) is 0.168. The van der Waals surface area contributed by atoms with Gasteiger partial charge in [0.2, 0.25) is 0 Å². The highest BCUT2D eigenvalue weighted by atomic mass is 32.1. The lowest BCUT2D eigenvalue weighted by Gasteiger charge is -2.30. The maximum Gasteiger partial charge on any atom is 0.0718 e. The first-order valence-electron chi connectivity index (χ1n) is 17.3. The molecule has 0 aliphatic carbocycles. The van der Waals surface area contributed by atoms with E-state index in [9.17, 15) is 0 Å². The van der Waals surface area contributed by atoms with Gasteiger partial charge in [0.1, 0.15) is 0 Å². The molecule has 10 rings (SSSR count). The van der Waals surface area contributed by atoms with Crippen LogP contribution in [-0.2, 0) is 0 Å². The molecule has 0 N–H and O–H groups in total. The molecule has 1 nitrogen and oxygen atoms in total. The second-order valence-electron chi connectivity index (χ2n) is 12.9. The zero-order chi connectivity index (χ0) is 33.7. The number of nitrogens with zero attached hydrogens (tertiary/aromatic N) is 1. The smallest absolute Gasteiger partial charge is 0.0718 e. The van der Waals surface area contributed by atoms with E-state index in [0.29, 0.717) is 0 Å². The van der Waals surface area contributed by atoms with Gasteiger partial charge in [-0.2, -0.15) is 0 Å². The summed E-state index contributed by atoms with van der Waals surface area (Å²) in [4.78, 5) is 2.53. The van der Waals surface area contributed by atoms with E-state index in [0.717, 1.165) is 11.4 Å². The minimum absolute atomic E-state index is 1.12. The summed E-state index contributed by atoms with van der Waals surface area (Å²) in [7, 11) is 0. The second kappa shape index (κ2) is 12.4. The molecule has 2 aromatic heterocycles. The Labute approximate surface area is 304 Å². The minimum Gasteiger partial charge on any atom is -0.308 e. The molecule has 0 unspecified atom stereocenters. The maximum absolute atomic E-state index is 2.53. The number of anilines is 3. The van der Waals surface area contributed by atoms with Gasteiger partial charge in [-0.15, -0.1) is 22.7 Å². The molecule has 2 heterocycles. The summed E-state index contributed by atoms with van der Waals surface area (Å²) in [6.07, 6.45) is 0. The van der Waals surface area contributed by atoms with E-state index >= 15 is 0 Å². The Hall–Kier alpha value is -6.00. The number of benzene rings is 8. The first-order valence-corrected chi connectivity index (χ1v) is 18.9. The van der Waals surface area contributed by atoms with Crippen molar-refractivity contribution in [2.45, 2.75) is 0 Å². The summed E-state index contributed by atoms with van der Waals surface area (Å²) in [5, 5.41) is 5.18. The molecule has 0 aliphatic rings. The van der Waals surface area contributed by atoms with E-state index in [-0.39, 0.29) is 0 Å². The fourth-order valence-corrected chi connectivity index (χ4v) is 9.82. The monoisotopic (exact) mass is 685 g/mol. The summed E-state index contributed by atoms with van der Waals surface area (Å²) >= 11 is 3.75. The molecule has 0 saturated carbocycles. The summed E-state index contributed by atoms with van der Waals surface area (Å²) in [6.45, 7) is 0. The largest absolute Gasteiger partial charge is 0.308 e. The Morgan fingerprint density at radius 3 is 1.47 bits per heavy atom. The molecular formula is C48H31NS2. The molecule has 0 amide bonds. The molecule has 0 radical (unpaired) electrons. The van der Waals surface area contributed by atoms with Crippen LogP contribution in [0.4, 0.5) is 17.1 Å². The normalized spacial score (nSPS) is 11.5. The molecule has 0 bridgehead atoms. The van der Waals surface area contributed by atoms with Gasteiger partial charge in [0.05, 0.1) is 10.4 Å². The molecule has 0 spiro atoms. The third kappa shape index (κ3) is 5.21. The average molecular weight is 686 g/mol. The highest BCUT2D eigenvalue weighted by Crippen LogP contribution is 2.51. The van der Waals surface area contributed by atoms with E-state index in [1.165, 1.54) is 79.4 Å². The summed E-state index contributed by atoms with van der Waals surface area (Å²) in [5.41, 5.74) is 10.6. The molecule has 240 valence electrons. The van der Waals surface area contributed by atoms with Gasteiger partial charge in [0.25, 0.3) is 0 Å². The first kappa shape index (κ1) is 29.9. The van der Waals surface area contributed by atoms with Crippen molar-refractivity contribution in [3.8, 4) is 33.4 Å². The van der Waals surface area contributed by atoms with Crippen LogP contribution in [0, 0.1) is 0 Å². The van der Waals surface area contributed by atoms with Gasteiger partial charge >= 0.3 is 0 Å². The van der Waals surface area contributed by atoms with Crippen molar-refractivity contribution < 1.29 is 0 Å². The number of hydrogen-bond donors (Lipinski definition) is 0. The van der Waals surface area contributed by atoms with E-state index in [2.05, 4.69) is 193 Å². The predicted molar refractivity (Wildman–Crippen MR) is 223 cm³/mol. The molecule has 0 fully saturated rings. The lowest BCUT2D eigenvalue weighted by Crippen LogP contribution is -2.12. The van der Waals surface area contributed by atoms with E-state index in [1.54, 1.807) is 0 Å². The highest BCUT2D eigenvalue weighted by molar-refractivity contribution is 7.26. The van der Waals surface area contributed by atoms with Gasteiger partial charge in [-0.1, -0.05) is 146 Å². The van der Waals surface area contributed by atoms with Gasteiger partial charge in [0.15, 0.2) is 0 Å². The van der Waals surface area contributed by atoms with E-state index in [4.69, 9.17) is 0 Å². The zero-order valence-electron chi connectivity index (χ0n) is 27.7. The van der Waals surface area contributed by atoms with Crippen LogP contribution in [0.15, 0.2) is 188 Å². The zero-order valence-corrected chi connectivity index (χ0v) is 29.3. The Morgan fingerprint density at radius 2 is 0.824 bits per heavy atom. The topological polar surface area (TPSA) is 3.24 Å². The van der Waals surface area contributed by atoms with Gasteiger partial charge < -0.3 is 4.90 Å². The van der Waals surface area contributed by atoms with Crippen LogP contribution >= 0.6 is 22.7 Å². The fourth-order valence-electron chi connectivity index (χ4n) is 7.44. The summed E-state index contributed by atoms with van der Waals surface area (Å²) < 4.78 is 5.17. The third-order valence-electron chi connectivity index (χ3n) is 9.84. The summed E-state index contributed by atoms with van der Waals surface area (Å²) in [6, 6.07) is 68.8. The molecular weight excluding hydrogens is 655 g/mol. The van der Waals surface area contributed by atoms with Crippen molar-refractivity contribution >= 4 is 80.1 Å². The number of rotatable bonds is 6. The van der Waals surface area contributed by atoms with Crippen LogP contribution in [-0.4, -0.2) is 0 Å². The molecule has 51 heavy (non-hydrogen) atoms. The van der Waals surface area contributed by atoms with Crippen LogP contribution in [0.25, 0.3) is 73.7 Å². The van der Waals surface area contributed by atoms with Gasteiger partial charge in [-0.3, -0.25) is 0 Å². The van der Waals surface area contributed by atoms with E-state index < -0.39 is 0 Å². The lowest BCUT2D eigenvalue weighted by atomic mass is 9.96. The Morgan fingerprint density at radius 1 is 0.314 bits per heavy atom. The van der Waals surface area contributed by atoms with Gasteiger partial charge in [-0.25, -0.2) is 0 Å². The number of fused-ring (bicyclic) bond motifs is 6. The van der Waals surface area contributed by atoms with Gasteiger partial charge in [0, 0.05) is 52.6 Å². The van der Waals surface area contributed by atoms with Crippen molar-refractivity contribution in [2.75, 3.05) is 4.90 Å². The Kier molecular flexibility index (Phi) is 7.26. The van der Waals surface area contributed by atoms with Crippen LogP contribution in [0.1, 0.15) is 0 Å². The fraction of sp³-hybridized carbons (Fsp3) is 0. The number of hydrogen-bond acceptors (Lipinski definition) is 3. The Bertz CT molecular complexity index is 2790. The van der Waals surface area contributed by atoms with Crippen LogP contribution in [0.3, 0.4) is 0 Å². The predicted octanol–water partition coefficient (Wildman–Crippen LogP) is 14.9. The van der Waals surface area contributed by atoms with Crippen molar-refractivity contribution in [3.05, 3.63) is 188 Å². The Balaban J connectivity index is 1.33. The number of thiophene rings is 2. The first-order chi connectivity index (χ1) is 25.3. The molecule has 3 heteroatoms. The molecule has 8 aromatic carbocycles. The van der Waals surface area contributed by atoms with E-state index in [1.807, 2.05) is 22.7 Å². The standard InChI is InChI=1S/C48H31NS2/c1-4-14-32(15-5-1)35-28-36(33-16-6-2-7-17-33)30-38(29-35)49(37-24-25-42-40-20-10-12-22-44(40)50-46(42)31-37)47-39(34-18-8-3-9-19-34)26-27-43-41-21-11-13-23-45(41)51-48(43)47/h1-31H. The SMILES string of the molecule is c1ccc(-c2cc(-c3ccccc3)cc(N(c3ccc4c(c3)sc3ccccc34)c3c(-c4ccccc4)ccc4c3sc3ccccc34)c2)cc1. The molecule has 0 atom stereocenters. The van der Waals surface area contributed by atoms with Crippen LogP contribution < -0.4 is 4.90 Å². The van der Waals surface area contributed by atoms with Crippen molar-refractivity contribution in [1.82, 2.24) is 0 Å². The minimum atomic E-state index is 1.12. The molecule has 0 saturated heterocycles. The molecule has 0 aliphatic heterocycles. The van der Waals surface area contributed by atoms with Crippen LogP contribution in [0.2, 0.25) is 0 Å². The highest BCUT2D eigenvalue weighted by Gasteiger charge is 2.24. The van der Waals surface area contributed by atoms with Crippen molar-refractivity contribution in [3.63, 3.8) is 0 Å². The second-order valence-corrected chi connectivity index (χ2v) is 15.1. The average Bonchev–Trinajstić information content (AvgIpc) is 3.77. The molecule has 10 aromatic rings. The summed E-state index contributed by atoms with van der Waals surface area (Å²) in [5.74, 6) is 0. The van der Waals surface area contributed by atoms with Gasteiger partial charge in [-0.05, 0) is 70.3 Å². The third-order valence-corrected chi connectivity index (χ3v) is 12.2. The van der Waals surface area contributed by atoms with Crippen molar-refractivity contribution in [1.29, 1.82) is 0 Å². The lowest BCUT2D eigenvalue weighted by molar-refractivity contribution is 1.31. The van der Waals surface area contributed by atoms with Crippen molar-refractivity contribution in [2.24, 2.45) is 0 Å². The van der Waals surface area contributed by atoms with Crippen LogP contribution in [0.5, 0.6) is 0 Å².